The zero-order valence-corrected chi connectivity index (χ0v) is 27.7. The van der Waals surface area contributed by atoms with Gasteiger partial charge in [0.05, 0.1) is 33.5 Å². The third kappa shape index (κ3) is 7.81. The number of nitrogens with two attached hydrogens (primary N) is 1. The first-order chi connectivity index (χ1) is 22.5. The number of amides is 2. The number of carbonyl (C=O) groups is 2. The molecule has 244 valence electrons. The van der Waals surface area contributed by atoms with Crippen molar-refractivity contribution in [2.45, 2.75) is 59.0 Å². The Hall–Kier alpha value is -4.74. The summed E-state index contributed by atoms with van der Waals surface area (Å²) < 4.78 is 19.3. The van der Waals surface area contributed by atoms with Gasteiger partial charge in [-0.1, -0.05) is 50.2 Å². The molecule has 3 aromatic heterocycles. The van der Waals surface area contributed by atoms with Gasteiger partial charge in [0.1, 0.15) is 5.82 Å². The number of benzene rings is 2. The number of nitrogens with zero attached hydrogens (tertiary/aromatic N) is 3. The monoisotopic (exact) mass is 655 g/mol. The molecule has 0 bridgehead atoms. The SMILES string of the molecule is CNC(=O)c1ccc(-c2c(C(N)=O)c(CC(C)C)nc(CC(O)c3ccc(F)cc3)c2-c2nnc(C)o2)s1.c1ccc2c(c1)CCC2. The second-order valence-corrected chi connectivity index (χ2v) is 12.9. The number of thiophene rings is 1. The van der Waals surface area contributed by atoms with E-state index in [9.17, 15) is 19.1 Å². The van der Waals surface area contributed by atoms with Crippen molar-refractivity contribution < 1.29 is 23.5 Å². The van der Waals surface area contributed by atoms with Crippen molar-refractivity contribution in [2.24, 2.45) is 11.7 Å². The maximum absolute atomic E-state index is 13.5. The van der Waals surface area contributed by atoms with E-state index in [1.54, 1.807) is 30.2 Å². The Bertz CT molecular complexity index is 1860. The highest BCUT2D eigenvalue weighted by molar-refractivity contribution is 7.17. The normalized spacial score (nSPS) is 12.7. The van der Waals surface area contributed by atoms with Crippen LogP contribution in [0.25, 0.3) is 21.9 Å². The summed E-state index contributed by atoms with van der Waals surface area (Å²) in [6.45, 7) is 5.61. The number of rotatable bonds is 9. The summed E-state index contributed by atoms with van der Waals surface area (Å²) in [5, 5.41) is 21.8. The summed E-state index contributed by atoms with van der Waals surface area (Å²) in [5.74, 6) is -0.871. The molecule has 5 aromatic rings. The Morgan fingerprint density at radius 1 is 0.979 bits per heavy atom. The molecule has 4 N–H and O–H groups in total. The minimum Gasteiger partial charge on any atom is -0.421 e. The van der Waals surface area contributed by atoms with Gasteiger partial charge in [-0.25, -0.2) is 4.39 Å². The summed E-state index contributed by atoms with van der Waals surface area (Å²) in [6.07, 6.45) is 3.36. The van der Waals surface area contributed by atoms with Crippen LogP contribution in [0.2, 0.25) is 0 Å². The number of hydrogen-bond donors (Lipinski definition) is 3. The molecule has 1 atom stereocenters. The van der Waals surface area contributed by atoms with Crippen molar-refractivity contribution in [2.75, 3.05) is 7.05 Å². The third-order valence-corrected chi connectivity index (χ3v) is 8.99. The highest BCUT2D eigenvalue weighted by atomic mass is 32.1. The number of aliphatic hydroxyl groups is 1. The molecule has 1 aliphatic rings. The van der Waals surface area contributed by atoms with Gasteiger partial charge in [0, 0.05) is 30.8 Å². The van der Waals surface area contributed by atoms with E-state index in [-0.39, 0.29) is 29.7 Å². The molecule has 3 heterocycles. The molecule has 0 spiro atoms. The van der Waals surface area contributed by atoms with Crippen LogP contribution in [-0.4, -0.2) is 39.1 Å². The molecule has 0 saturated heterocycles. The Morgan fingerprint density at radius 3 is 2.23 bits per heavy atom. The van der Waals surface area contributed by atoms with E-state index in [4.69, 9.17) is 15.1 Å². The van der Waals surface area contributed by atoms with E-state index in [0.29, 0.717) is 50.1 Å². The van der Waals surface area contributed by atoms with Gasteiger partial charge in [0.25, 0.3) is 11.8 Å². The fraction of sp³-hybridized carbons (Fsp3) is 0.306. The fourth-order valence-electron chi connectivity index (χ4n) is 5.73. The highest BCUT2D eigenvalue weighted by Gasteiger charge is 2.30. The van der Waals surface area contributed by atoms with Crippen LogP contribution < -0.4 is 11.1 Å². The zero-order chi connectivity index (χ0) is 33.7. The van der Waals surface area contributed by atoms with E-state index < -0.39 is 17.8 Å². The summed E-state index contributed by atoms with van der Waals surface area (Å²) >= 11 is 1.18. The quantitative estimate of drug-likeness (QED) is 0.166. The van der Waals surface area contributed by atoms with Crippen molar-refractivity contribution in [1.29, 1.82) is 0 Å². The van der Waals surface area contributed by atoms with Crippen LogP contribution >= 0.6 is 11.3 Å². The molecule has 0 radical (unpaired) electrons. The number of carbonyl (C=O) groups excluding carboxylic acids is 2. The van der Waals surface area contributed by atoms with Gasteiger partial charge in [0.15, 0.2) is 0 Å². The van der Waals surface area contributed by atoms with E-state index in [2.05, 4.69) is 39.8 Å². The lowest BCUT2D eigenvalue weighted by Gasteiger charge is -2.20. The van der Waals surface area contributed by atoms with Crippen molar-refractivity contribution in [3.8, 4) is 21.9 Å². The molecule has 1 aliphatic carbocycles. The first-order valence-electron chi connectivity index (χ1n) is 15.5. The van der Waals surface area contributed by atoms with Gasteiger partial charge in [-0.2, -0.15) is 0 Å². The molecule has 47 heavy (non-hydrogen) atoms. The van der Waals surface area contributed by atoms with Gasteiger partial charge in [-0.15, -0.1) is 21.5 Å². The fourth-order valence-corrected chi connectivity index (χ4v) is 6.74. The molecule has 2 aromatic carbocycles. The van der Waals surface area contributed by atoms with Crippen LogP contribution in [0.3, 0.4) is 0 Å². The Labute approximate surface area is 277 Å². The van der Waals surface area contributed by atoms with Crippen molar-refractivity contribution in [3.05, 3.63) is 111 Å². The Kier molecular flexibility index (Phi) is 10.6. The molecular weight excluding hydrogens is 617 g/mol. The molecule has 6 rings (SSSR count). The maximum Gasteiger partial charge on any atom is 0.261 e. The number of nitrogens with one attached hydrogen (secondary N) is 1. The number of halogens is 1. The number of primary amides is 1. The molecule has 1 unspecified atom stereocenters. The van der Waals surface area contributed by atoms with Crippen LogP contribution in [0.1, 0.15) is 80.4 Å². The summed E-state index contributed by atoms with van der Waals surface area (Å²) in [5.41, 5.74) is 11.4. The number of aryl methyl sites for hydroxylation is 3. The van der Waals surface area contributed by atoms with Gasteiger partial charge in [-0.3, -0.25) is 14.6 Å². The predicted molar refractivity (Wildman–Crippen MR) is 180 cm³/mol. The van der Waals surface area contributed by atoms with Crippen molar-refractivity contribution in [3.63, 3.8) is 0 Å². The van der Waals surface area contributed by atoms with Crippen LogP contribution in [0.4, 0.5) is 4.39 Å². The molecule has 0 saturated carbocycles. The number of fused-ring (bicyclic) bond motifs is 1. The highest BCUT2D eigenvalue weighted by Crippen LogP contribution is 2.42. The van der Waals surface area contributed by atoms with Crippen molar-refractivity contribution >= 4 is 23.2 Å². The minimum atomic E-state index is -1.05. The maximum atomic E-state index is 13.5. The summed E-state index contributed by atoms with van der Waals surface area (Å²) in [7, 11) is 1.53. The Morgan fingerprint density at radius 2 is 1.66 bits per heavy atom. The van der Waals surface area contributed by atoms with E-state index in [1.165, 1.54) is 61.9 Å². The predicted octanol–water partition coefficient (Wildman–Crippen LogP) is 6.42. The lowest BCUT2D eigenvalue weighted by Crippen LogP contribution is -2.20. The Balaban J connectivity index is 0.000000410. The average molecular weight is 656 g/mol. The van der Waals surface area contributed by atoms with Gasteiger partial charge in [0.2, 0.25) is 11.8 Å². The minimum absolute atomic E-state index is 0.00715. The zero-order valence-electron chi connectivity index (χ0n) is 26.8. The van der Waals surface area contributed by atoms with Gasteiger partial charge >= 0.3 is 0 Å². The molecule has 2 amide bonds. The largest absolute Gasteiger partial charge is 0.421 e. The van der Waals surface area contributed by atoms with Gasteiger partial charge < -0.3 is 20.6 Å². The van der Waals surface area contributed by atoms with E-state index in [0.717, 1.165) is 0 Å². The second kappa shape index (κ2) is 14.8. The van der Waals surface area contributed by atoms with Gasteiger partial charge in [-0.05, 0) is 72.6 Å². The van der Waals surface area contributed by atoms with Crippen LogP contribution in [0.15, 0.2) is 65.1 Å². The van der Waals surface area contributed by atoms with Crippen molar-refractivity contribution in [1.82, 2.24) is 20.5 Å². The molecule has 0 aliphatic heterocycles. The average Bonchev–Trinajstić information content (AvgIpc) is 3.82. The third-order valence-electron chi connectivity index (χ3n) is 7.89. The molecule has 0 fully saturated rings. The van der Waals surface area contributed by atoms with Crippen LogP contribution in [0.5, 0.6) is 0 Å². The van der Waals surface area contributed by atoms with E-state index in [1.807, 2.05) is 13.8 Å². The first kappa shape index (κ1) is 33.6. The number of pyridine rings is 1. The standard InChI is InChI=1S/C27H28FN5O4S.C9H10/c1-13(2)11-17-22(25(29)35)24(20-9-10-21(38-20)26(36)30-4)23(27-33-32-14(3)37-27)18(31-17)12-19(34)15-5-7-16(28)8-6-15;1-2-5-9-7-3-6-8(9)4-1/h5-10,13,19,34H,11-12H2,1-4H3,(H2,29,35)(H,30,36);1-2,4-5H,3,6-7H2. The summed E-state index contributed by atoms with van der Waals surface area (Å²) in [6, 6.07) is 17.7. The number of hydrogen-bond acceptors (Lipinski definition) is 8. The smallest absolute Gasteiger partial charge is 0.261 e. The molecular formula is C36H38FN5O4S. The topological polar surface area (TPSA) is 144 Å². The van der Waals surface area contributed by atoms with Crippen LogP contribution in [-0.2, 0) is 25.7 Å². The molecule has 9 nitrogen and oxygen atoms in total. The van der Waals surface area contributed by atoms with Crippen LogP contribution in [0, 0.1) is 18.7 Å². The lowest BCUT2D eigenvalue weighted by atomic mass is 9.90. The first-order valence-corrected chi connectivity index (χ1v) is 16.4. The summed E-state index contributed by atoms with van der Waals surface area (Å²) in [4.78, 5) is 31.1. The number of aromatic nitrogens is 3. The number of aliphatic hydroxyl groups excluding tert-OH is 1. The lowest BCUT2D eigenvalue weighted by molar-refractivity contribution is 0.0965. The van der Waals surface area contributed by atoms with E-state index >= 15 is 0 Å². The second-order valence-electron chi connectivity index (χ2n) is 11.9. The molecule has 11 heteroatoms.